The number of nitrogens with one attached hydrogen (secondary N) is 1. The molecule has 5 nitrogen and oxygen atoms in total. The number of aryl methyl sites for hydroxylation is 1. The number of alkyl halides is 3. The monoisotopic (exact) mass is 251 g/mol. The van der Waals surface area contributed by atoms with E-state index in [1.165, 1.54) is 6.92 Å². The first-order chi connectivity index (χ1) is 7.74. The van der Waals surface area contributed by atoms with E-state index in [4.69, 9.17) is 0 Å². The van der Waals surface area contributed by atoms with Crippen molar-refractivity contribution >= 4 is 5.97 Å². The van der Waals surface area contributed by atoms with Crippen molar-refractivity contribution in [1.29, 1.82) is 0 Å². The van der Waals surface area contributed by atoms with E-state index in [1.54, 1.807) is 0 Å². The van der Waals surface area contributed by atoms with Gasteiger partial charge in [0.1, 0.15) is 5.56 Å². The van der Waals surface area contributed by atoms with Crippen LogP contribution in [0.1, 0.15) is 16.1 Å². The Balaban J connectivity index is 3.19. The number of esters is 1. The number of hydrogen-bond acceptors (Lipinski definition) is 4. The minimum absolute atomic E-state index is 0.0661. The molecule has 8 heteroatoms. The average molecular weight is 251 g/mol. The van der Waals surface area contributed by atoms with Crippen molar-refractivity contribution < 1.29 is 27.4 Å². The van der Waals surface area contributed by atoms with Gasteiger partial charge in [-0.2, -0.15) is 0 Å². The van der Waals surface area contributed by atoms with Crippen molar-refractivity contribution in [2.24, 2.45) is 0 Å². The van der Waals surface area contributed by atoms with Crippen LogP contribution in [0.15, 0.2) is 10.9 Å². The van der Waals surface area contributed by atoms with Gasteiger partial charge in [0, 0.05) is 11.8 Å². The van der Waals surface area contributed by atoms with Crippen molar-refractivity contribution in [1.82, 2.24) is 4.98 Å². The van der Waals surface area contributed by atoms with Crippen LogP contribution in [0.25, 0.3) is 0 Å². The molecule has 1 rings (SSSR count). The molecule has 0 aromatic carbocycles. The lowest BCUT2D eigenvalue weighted by atomic mass is 10.2. The highest BCUT2D eigenvalue weighted by atomic mass is 19.4. The van der Waals surface area contributed by atoms with Crippen LogP contribution < -0.4 is 10.2 Å². The Labute approximate surface area is 93.2 Å². The maximum atomic E-state index is 11.9. The molecule has 1 aromatic rings. The molecule has 0 saturated carbocycles. The predicted molar refractivity (Wildman–Crippen MR) is 49.8 cm³/mol. The quantitative estimate of drug-likeness (QED) is 0.806. The van der Waals surface area contributed by atoms with Crippen LogP contribution in [0.3, 0.4) is 0 Å². The summed E-state index contributed by atoms with van der Waals surface area (Å²) >= 11 is 0. The Morgan fingerprint density at radius 2 is 2.00 bits per heavy atom. The Bertz CT molecular complexity index is 492. The molecule has 17 heavy (non-hydrogen) atoms. The lowest BCUT2D eigenvalue weighted by molar-refractivity contribution is -0.276. The van der Waals surface area contributed by atoms with Gasteiger partial charge < -0.3 is 14.5 Å². The van der Waals surface area contributed by atoms with Crippen LogP contribution in [-0.4, -0.2) is 24.4 Å². The Morgan fingerprint density at radius 3 is 2.41 bits per heavy atom. The van der Waals surface area contributed by atoms with E-state index in [0.717, 1.165) is 7.11 Å². The molecule has 0 radical (unpaired) electrons. The van der Waals surface area contributed by atoms with Crippen molar-refractivity contribution in [3.05, 3.63) is 27.5 Å². The van der Waals surface area contributed by atoms with Gasteiger partial charge in [-0.1, -0.05) is 0 Å². The zero-order valence-electron chi connectivity index (χ0n) is 8.84. The van der Waals surface area contributed by atoms with E-state index >= 15 is 0 Å². The highest BCUT2D eigenvalue weighted by Gasteiger charge is 2.32. The van der Waals surface area contributed by atoms with Gasteiger partial charge in [-0.25, -0.2) is 4.79 Å². The van der Waals surface area contributed by atoms with Crippen LogP contribution >= 0.6 is 0 Å². The maximum absolute atomic E-state index is 11.9. The summed E-state index contributed by atoms with van der Waals surface area (Å²) in [6.07, 6.45) is -4.91. The molecule has 0 atom stereocenters. The van der Waals surface area contributed by atoms with Crippen LogP contribution in [0.5, 0.6) is 5.88 Å². The number of H-pyrrole nitrogens is 1. The topological polar surface area (TPSA) is 68.4 Å². The van der Waals surface area contributed by atoms with E-state index in [1.807, 2.05) is 0 Å². The Kier molecular flexibility index (Phi) is 3.45. The molecular weight excluding hydrogens is 243 g/mol. The number of aromatic amines is 1. The van der Waals surface area contributed by atoms with Gasteiger partial charge in [0.15, 0.2) is 5.43 Å². The summed E-state index contributed by atoms with van der Waals surface area (Å²) in [7, 11) is 1.06. The van der Waals surface area contributed by atoms with Gasteiger partial charge in [-0.3, -0.25) is 4.79 Å². The summed E-state index contributed by atoms with van der Waals surface area (Å²) in [5.41, 5.74) is -1.34. The molecule has 0 aliphatic rings. The van der Waals surface area contributed by atoms with Gasteiger partial charge in [-0.05, 0) is 6.92 Å². The molecule has 0 aliphatic heterocycles. The van der Waals surface area contributed by atoms with Crippen molar-refractivity contribution in [3.63, 3.8) is 0 Å². The molecule has 94 valence electrons. The lowest BCUT2D eigenvalue weighted by Gasteiger charge is -2.10. The fourth-order valence-corrected chi connectivity index (χ4v) is 1.19. The zero-order valence-corrected chi connectivity index (χ0v) is 8.84. The van der Waals surface area contributed by atoms with Crippen LogP contribution in [0, 0.1) is 6.92 Å². The number of aromatic nitrogens is 1. The molecular formula is C9H8F3NO4. The average Bonchev–Trinajstić information content (AvgIpc) is 2.13. The molecule has 0 unspecified atom stereocenters. The fourth-order valence-electron chi connectivity index (χ4n) is 1.19. The normalized spacial score (nSPS) is 11.1. The summed E-state index contributed by atoms with van der Waals surface area (Å²) in [6, 6.07) is 0.534. The third kappa shape index (κ3) is 3.23. The van der Waals surface area contributed by atoms with Crippen LogP contribution in [-0.2, 0) is 4.74 Å². The number of pyridine rings is 1. The predicted octanol–water partition coefficient (Wildman–Crippen LogP) is 1.37. The van der Waals surface area contributed by atoms with Gasteiger partial charge in [0.25, 0.3) is 0 Å². The number of ether oxygens (including phenoxy) is 2. The number of rotatable bonds is 2. The molecule has 0 fully saturated rings. The zero-order chi connectivity index (χ0) is 13.2. The summed E-state index contributed by atoms with van der Waals surface area (Å²) < 4.78 is 43.5. The molecule has 0 aliphatic carbocycles. The minimum atomic E-state index is -4.91. The van der Waals surface area contributed by atoms with Gasteiger partial charge in [-0.15, -0.1) is 13.2 Å². The largest absolute Gasteiger partial charge is 0.574 e. The van der Waals surface area contributed by atoms with E-state index < -0.39 is 23.6 Å². The second-order valence-electron chi connectivity index (χ2n) is 3.04. The summed E-state index contributed by atoms with van der Waals surface area (Å²) in [4.78, 5) is 24.7. The second kappa shape index (κ2) is 4.48. The molecule has 0 saturated heterocycles. The number of carbonyl (C=O) groups is 1. The molecule has 1 aromatic heterocycles. The van der Waals surface area contributed by atoms with Crippen LogP contribution in [0.4, 0.5) is 13.2 Å². The smallest absolute Gasteiger partial charge is 0.465 e. The van der Waals surface area contributed by atoms with E-state index in [2.05, 4.69) is 14.5 Å². The lowest BCUT2D eigenvalue weighted by Crippen LogP contribution is -2.23. The Hall–Kier alpha value is -1.99. The van der Waals surface area contributed by atoms with E-state index in [9.17, 15) is 22.8 Å². The van der Waals surface area contributed by atoms with Crippen molar-refractivity contribution in [2.75, 3.05) is 7.11 Å². The van der Waals surface area contributed by atoms with Crippen LogP contribution in [0.2, 0.25) is 0 Å². The van der Waals surface area contributed by atoms with Gasteiger partial charge in [0.05, 0.1) is 7.11 Å². The molecule has 1 N–H and O–H groups in total. The third-order valence-corrected chi connectivity index (χ3v) is 1.81. The second-order valence-corrected chi connectivity index (χ2v) is 3.04. The number of halogens is 3. The van der Waals surface area contributed by atoms with Crippen molar-refractivity contribution in [2.45, 2.75) is 13.3 Å². The number of hydrogen-bond donors (Lipinski definition) is 1. The third-order valence-electron chi connectivity index (χ3n) is 1.81. The SMILES string of the molecule is COC(=O)c1c(C)[nH]c(OC(F)(F)F)cc1=O. The summed E-state index contributed by atoms with van der Waals surface area (Å²) in [6.45, 7) is 1.26. The minimum Gasteiger partial charge on any atom is -0.465 e. The fraction of sp³-hybridized carbons (Fsp3) is 0.333. The molecule has 0 spiro atoms. The Morgan fingerprint density at radius 1 is 1.41 bits per heavy atom. The molecule has 1 heterocycles. The van der Waals surface area contributed by atoms with Gasteiger partial charge in [0.2, 0.25) is 5.88 Å². The first-order valence-electron chi connectivity index (χ1n) is 4.32. The number of carbonyl (C=O) groups excluding carboxylic acids is 1. The van der Waals surface area contributed by atoms with E-state index in [-0.39, 0.29) is 11.3 Å². The first-order valence-corrected chi connectivity index (χ1v) is 4.32. The molecule has 0 amide bonds. The highest BCUT2D eigenvalue weighted by molar-refractivity contribution is 5.90. The molecule has 0 bridgehead atoms. The highest BCUT2D eigenvalue weighted by Crippen LogP contribution is 2.20. The first kappa shape index (κ1) is 13.1. The summed E-state index contributed by atoms with van der Waals surface area (Å²) in [5.74, 6) is -1.71. The van der Waals surface area contributed by atoms with E-state index in [0.29, 0.717) is 6.07 Å². The number of methoxy groups -OCH3 is 1. The summed E-state index contributed by atoms with van der Waals surface area (Å²) in [5, 5.41) is 0. The van der Waals surface area contributed by atoms with Gasteiger partial charge >= 0.3 is 12.3 Å². The standard InChI is InChI=1S/C9H8F3NO4/c1-4-7(8(15)16-2)5(14)3-6(13-4)17-9(10,11)12/h3H,1-2H3,(H,13,14). The maximum Gasteiger partial charge on any atom is 0.574 e. The van der Waals surface area contributed by atoms with Crippen molar-refractivity contribution in [3.8, 4) is 5.88 Å².